The average molecular weight is 353 g/mol. The van der Waals surface area contributed by atoms with Crippen molar-refractivity contribution >= 4 is 29.1 Å². The van der Waals surface area contributed by atoms with Crippen LogP contribution in [0.5, 0.6) is 0 Å². The molecule has 0 atom stereocenters. The summed E-state index contributed by atoms with van der Waals surface area (Å²) >= 11 is 5.67. The number of halogens is 2. The van der Waals surface area contributed by atoms with Crippen LogP contribution in [0.3, 0.4) is 0 Å². The van der Waals surface area contributed by atoms with Crippen molar-refractivity contribution in [1.29, 1.82) is 5.41 Å². The first-order valence-electron chi connectivity index (χ1n) is 6.45. The van der Waals surface area contributed by atoms with Gasteiger partial charge in [-0.15, -0.1) is 10.2 Å². The molecule has 2 heterocycles. The lowest BCUT2D eigenvalue weighted by atomic mass is 10.2. The zero-order valence-corrected chi connectivity index (χ0v) is 12.6. The van der Waals surface area contributed by atoms with E-state index in [4.69, 9.17) is 22.7 Å². The lowest BCUT2D eigenvalue weighted by molar-refractivity contribution is 0.297. The van der Waals surface area contributed by atoms with Gasteiger partial charge in [0.25, 0.3) is 0 Å². The third-order valence-corrected chi connectivity index (χ3v) is 3.40. The molecule has 0 bridgehead atoms. The highest BCUT2D eigenvalue weighted by Crippen LogP contribution is 2.23. The molecule has 0 amide bonds. The second-order valence-corrected chi connectivity index (χ2v) is 5.04. The summed E-state index contributed by atoms with van der Waals surface area (Å²) in [5.41, 5.74) is 5.87. The van der Waals surface area contributed by atoms with E-state index in [2.05, 4.69) is 25.1 Å². The van der Waals surface area contributed by atoms with E-state index in [0.717, 1.165) is 12.1 Å². The number of hydrogen-bond donors (Lipinski definition) is 3. The number of nitrogens with one attached hydrogen (secondary N) is 1. The Bertz CT molecular complexity index is 895. The van der Waals surface area contributed by atoms with Gasteiger partial charge in [-0.3, -0.25) is 15.2 Å². The normalized spacial score (nSPS) is 10.8. The maximum absolute atomic E-state index is 13.2. The Balaban J connectivity index is 1.86. The molecule has 10 nitrogen and oxygen atoms in total. The number of rotatable bonds is 4. The minimum absolute atomic E-state index is 0.0361. The van der Waals surface area contributed by atoms with Crippen molar-refractivity contribution in [3.8, 4) is 0 Å². The fourth-order valence-corrected chi connectivity index (χ4v) is 2.06. The molecule has 0 aliphatic heterocycles. The third kappa shape index (κ3) is 2.89. The third-order valence-electron chi connectivity index (χ3n) is 3.11. The zero-order valence-electron chi connectivity index (χ0n) is 11.9. The van der Waals surface area contributed by atoms with E-state index in [1.807, 2.05) is 0 Å². The number of benzene rings is 1. The molecule has 3 rings (SSSR count). The summed E-state index contributed by atoms with van der Waals surface area (Å²) in [6, 6.07) is 3.48. The number of hydrogen-bond acceptors (Lipinski definition) is 8. The second kappa shape index (κ2) is 6.22. The molecular formula is C12H10ClFN8O2. The summed E-state index contributed by atoms with van der Waals surface area (Å²) < 4.78 is 19.3. The van der Waals surface area contributed by atoms with Gasteiger partial charge in [0.2, 0.25) is 5.95 Å². The van der Waals surface area contributed by atoms with Crippen molar-refractivity contribution in [2.24, 2.45) is 0 Å². The molecule has 0 spiro atoms. The van der Waals surface area contributed by atoms with E-state index in [1.165, 1.54) is 17.0 Å². The van der Waals surface area contributed by atoms with E-state index >= 15 is 0 Å². The lowest BCUT2D eigenvalue weighted by Crippen LogP contribution is -2.28. The Kier molecular flexibility index (Phi) is 4.10. The maximum Gasteiger partial charge on any atom is 0.222 e. The summed E-state index contributed by atoms with van der Waals surface area (Å²) in [5.74, 6) is -0.950. The molecule has 0 unspecified atom stereocenters. The van der Waals surface area contributed by atoms with Crippen LogP contribution in [0.1, 0.15) is 11.4 Å². The minimum atomic E-state index is -0.646. The van der Waals surface area contributed by atoms with E-state index in [9.17, 15) is 9.60 Å². The van der Waals surface area contributed by atoms with Crippen molar-refractivity contribution in [3.05, 3.63) is 46.8 Å². The molecule has 0 fully saturated rings. The molecule has 24 heavy (non-hydrogen) atoms. The molecule has 0 radical (unpaired) electrons. The highest BCUT2D eigenvalue weighted by atomic mass is 35.5. The van der Waals surface area contributed by atoms with Gasteiger partial charge < -0.3 is 5.73 Å². The molecule has 4 N–H and O–H groups in total. The fraction of sp³-hybridized carbons (Fsp3) is 0.0833. The van der Waals surface area contributed by atoms with Gasteiger partial charge in [0.05, 0.1) is 17.3 Å². The van der Waals surface area contributed by atoms with Gasteiger partial charge in [0.15, 0.2) is 11.5 Å². The Morgan fingerprint density at radius 1 is 1.46 bits per heavy atom. The predicted octanol–water partition coefficient (Wildman–Crippen LogP) is 1.31. The number of amidine groups is 1. The van der Waals surface area contributed by atoms with Crippen LogP contribution in [0.2, 0.25) is 5.02 Å². The number of nitrogens with zero attached hydrogens (tertiary/aromatic N) is 6. The van der Waals surface area contributed by atoms with E-state index in [0.29, 0.717) is 5.06 Å². The highest BCUT2D eigenvalue weighted by molar-refractivity contribution is 6.31. The fourth-order valence-electron chi connectivity index (χ4n) is 1.88. The molecule has 12 heteroatoms. The van der Waals surface area contributed by atoms with Crippen molar-refractivity contribution in [1.82, 2.24) is 25.1 Å². The molecule has 0 saturated heterocycles. The van der Waals surface area contributed by atoms with Crippen LogP contribution in [-0.2, 0) is 6.54 Å². The van der Waals surface area contributed by atoms with Gasteiger partial charge >= 0.3 is 0 Å². The number of nitrogen functional groups attached to an aromatic ring is 1. The highest BCUT2D eigenvalue weighted by Gasteiger charge is 2.22. The van der Waals surface area contributed by atoms with E-state index in [1.54, 1.807) is 0 Å². The Morgan fingerprint density at radius 2 is 2.25 bits per heavy atom. The summed E-state index contributed by atoms with van der Waals surface area (Å²) in [6.07, 6.45) is 1.37. The monoisotopic (exact) mass is 352 g/mol. The first-order valence-corrected chi connectivity index (χ1v) is 6.83. The number of anilines is 2. The van der Waals surface area contributed by atoms with E-state index < -0.39 is 11.7 Å². The Morgan fingerprint density at radius 3 is 2.92 bits per heavy atom. The molecule has 2 aromatic heterocycles. The minimum Gasteiger partial charge on any atom is -0.368 e. The van der Waals surface area contributed by atoms with Crippen molar-refractivity contribution in [2.75, 3.05) is 10.8 Å². The molecule has 3 aromatic rings. The van der Waals surface area contributed by atoms with Gasteiger partial charge in [-0.25, -0.2) is 14.1 Å². The van der Waals surface area contributed by atoms with Crippen LogP contribution in [0, 0.1) is 11.2 Å². The van der Waals surface area contributed by atoms with Crippen LogP contribution >= 0.6 is 11.6 Å². The number of aromatic nitrogens is 5. The Hall–Kier alpha value is -3.05. The second-order valence-electron chi connectivity index (χ2n) is 4.64. The summed E-state index contributed by atoms with van der Waals surface area (Å²) in [5, 5.41) is 33.0. The SMILES string of the molecule is N=C(c1nonc1Cn1cnnc1N)N(O)c1ccc(F)c(Cl)c1. The molecule has 0 aliphatic carbocycles. The number of hydroxylamine groups is 1. The van der Waals surface area contributed by atoms with Gasteiger partial charge in [0.1, 0.15) is 17.8 Å². The summed E-state index contributed by atoms with van der Waals surface area (Å²) in [6.45, 7) is 0.0814. The smallest absolute Gasteiger partial charge is 0.222 e. The Labute approximate surface area is 138 Å². The molecular weight excluding hydrogens is 343 g/mol. The topological polar surface area (TPSA) is 143 Å². The van der Waals surface area contributed by atoms with Crippen LogP contribution in [0.15, 0.2) is 29.2 Å². The van der Waals surface area contributed by atoms with Crippen molar-refractivity contribution < 1.29 is 14.2 Å². The van der Waals surface area contributed by atoms with Crippen molar-refractivity contribution in [2.45, 2.75) is 6.54 Å². The van der Waals surface area contributed by atoms with Gasteiger partial charge in [-0.05, 0) is 23.4 Å². The zero-order chi connectivity index (χ0) is 17.3. The van der Waals surface area contributed by atoms with Crippen LogP contribution in [-0.4, -0.2) is 36.1 Å². The summed E-state index contributed by atoms with van der Waals surface area (Å²) in [4.78, 5) is 0. The molecule has 1 aromatic carbocycles. The van der Waals surface area contributed by atoms with Gasteiger partial charge in [0, 0.05) is 0 Å². The largest absolute Gasteiger partial charge is 0.368 e. The standard InChI is InChI=1S/C12H10ClFN8O2/c13-7-3-6(1-2-8(7)14)22(23)11(15)10-9(19-24-20-10)4-21-5-17-18-12(21)16/h1-3,5,15,23H,4H2,(H2,16,18). The maximum atomic E-state index is 13.2. The van der Waals surface area contributed by atoms with Crippen LogP contribution in [0.4, 0.5) is 16.0 Å². The van der Waals surface area contributed by atoms with Gasteiger partial charge in [-0.1, -0.05) is 16.8 Å². The van der Waals surface area contributed by atoms with E-state index in [-0.39, 0.29) is 34.6 Å². The lowest BCUT2D eigenvalue weighted by Gasteiger charge is -2.16. The van der Waals surface area contributed by atoms with Gasteiger partial charge in [-0.2, -0.15) is 0 Å². The summed E-state index contributed by atoms with van der Waals surface area (Å²) in [7, 11) is 0. The first-order chi connectivity index (χ1) is 11.5. The predicted molar refractivity (Wildman–Crippen MR) is 80.3 cm³/mol. The first kappa shape index (κ1) is 15.8. The molecule has 0 saturated carbocycles. The molecule has 124 valence electrons. The van der Waals surface area contributed by atoms with Crippen molar-refractivity contribution in [3.63, 3.8) is 0 Å². The van der Waals surface area contributed by atoms with Crippen LogP contribution < -0.4 is 10.8 Å². The quantitative estimate of drug-likeness (QED) is 0.362. The average Bonchev–Trinajstić information content (AvgIpc) is 3.19. The molecule has 0 aliphatic rings. The van der Waals surface area contributed by atoms with Crippen LogP contribution in [0.25, 0.3) is 0 Å². The number of nitrogens with two attached hydrogens (primary N) is 1.